The number of aryl methyl sites for hydroxylation is 1. The molecule has 2 rings (SSSR count). The molecule has 0 aliphatic carbocycles. The minimum Gasteiger partial charge on any atom is -0.177 e. The summed E-state index contributed by atoms with van der Waals surface area (Å²) in [4.78, 5) is 1.25. The second-order valence-corrected chi connectivity index (χ2v) is 3.30. The van der Waals surface area contributed by atoms with Crippen molar-refractivity contribution in [2.45, 2.75) is 6.92 Å². The van der Waals surface area contributed by atoms with Crippen molar-refractivity contribution < 1.29 is 0 Å². The van der Waals surface area contributed by atoms with Gasteiger partial charge in [0.15, 0.2) is 0 Å². The molecule has 5 heteroatoms. The first-order valence-electron chi connectivity index (χ1n) is 3.15. The van der Waals surface area contributed by atoms with Gasteiger partial charge >= 0.3 is 0 Å². The fourth-order valence-corrected chi connectivity index (χ4v) is 1.53. The largest absolute Gasteiger partial charge is 0.205 e. The molecule has 0 aliphatic heterocycles. The van der Waals surface area contributed by atoms with Crippen LogP contribution in [0.25, 0.3) is 11.4 Å². The Bertz CT molecular complexity index is 337. The lowest BCUT2D eigenvalue weighted by Gasteiger charge is -1.81. The Hall–Kier alpha value is -1.23. The average molecular weight is 166 g/mol. The van der Waals surface area contributed by atoms with Crippen LogP contribution in [-0.4, -0.2) is 20.6 Å². The topological polar surface area (TPSA) is 54.5 Å². The second kappa shape index (κ2) is 2.43. The van der Waals surface area contributed by atoms with Crippen molar-refractivity contribution in [3.05, 3.63) is 16.3 Å². The number of tetrazole rings is 1. The van der Waals surface area contributed by atoms with Crippen LogP contribution in [-0.2, 0) is 0 Å². The molecule has 0 bridgehead atoms. The molecule has 56 valence electrons. The SMILES string of the molecule is Cc1cc(-c2nn[nH]n2)cs1. The average Bonchev–Trinajstić information content (AvgIpc) is 2.55. The van der Waals surface area contributed by atoms with Crippen LogP contribution in [0, 0.1) is 6.92 Å². The molecule has 2 heterocycles. The Morgan fingerprint density at radius 2 is 2.45 bits per heavy atom. The van der Waals surface area contributed by atoms with E-state index in [-0.39, 0.29) is 0 Å². The van der Waals surface area contributed by atoms with E-state index in [2.05, 4.69) is 20.6 Å². The van der Waals surface area contributed by atoms with E-state index in [9.17, 15) is 0 Å². The van der Waals surface area contributed by atoms with Gasteiger partial charge in [-0.15, -0.1) is 21.5 Å². The molecule has 0 aliphatic rings. The number of hydrogen-bond acceptors (Lipinski definition) is 4. The molecular weight excluding hydrogens is 160 g/mol. The number of rotatable bonds is 1. The Morgan fingerprint density at radius 3 is 3.00 bits per heavy atom. The first-order valence-corrected chi connectivity index (χ1v) is 4.03. The van der Waals surface area contributed by atoms with Crippen LogP contribution in [0.3, 0.4) is 0 Å². The van der Waals surface area contributed by atoms with Crippen molar-refractivity contribution in [2.75, 3.05) is 0 Å². The maximum Gasteiger partial charge on any atom is 0.205 e. The van der Waals surface area contributed by atoms with E-state index < -0.39 is 0 Å². The van der Waals surface area contributed by atoms with Crippen molar-refractivity contribution in [1.29, 1.82) is 0 Å². The smallest absolute Gasteiger partial charge is 0.177 e. The molecule has 0 aromatic carbocycles. The van der Waals surface area contributed by atoms with Crippen LogP contribution in [0.1, 0.15) is 4.88 Å². The lowest BCUT2D eigenvalue weighted by molar-refractivity contribution is 0.881. The normalized spacial score (nSPS) is 10.3. The fourth-order valence-electron chi connectivity index (χ4n) is 0.845. The van der Waals surface area contributed by atoms with Crippen LogP contribution >= 0.6 is 11.3 Å². The van der Waals surface area contributed by atoms with E-state index in [0.717, 1.165) is 5.56 Å². The Labute approximate surface area is 67.3 Å². The van der Waals surface area contributed by atoms with Gasteiger partial charge in [0, 0.05) is 15.8 Å². The second-order valence-electron chi connectivity index (χ2n) is 2.18. The third kappa shape index (κ3) is 1.14. The summed E-state index contributed by atoms with van der Waals surface area (Å²) in [7, 11) is 0. The zero-order chi connectivity index (χ0) is 7.68. The molecular formula is C6H6N4S. The quantitative estimate of drug-likeness (QED) is 0.693. The molecule has 0 atom stereocenters. The third-order valence-electron chi connectivity index (χ3n) is 1.33. The van der Waals surface area contributed by atoms with Gasteiger partial charge in [-0.2, -0.15) is 5.21 Å². The van der Waals surface area contributed by atoms with Crippen molar-refractivity contribution in [2.24, 2.45) is 0 Å². The maximum atomic E-state index is 3.86. The highest BCUT2D eigenvalue weighted by atomic mass is 32.1. The molecule has 0 saturated heterocycles. The minimum atomic E-state index is 0.661. The Morgan fingerprint density at radius 1 is 1.55 bits per heavy atom. The first-order chi connectivity index (χ1) is 5.36. The monoisotopic (exact) mass is 166 g/mol. The van der Waals surface area contributed by atoms with Gasteiger partial charge in [0.1, 0.15) is 0 Å². The third-order valence-corrected chi connectivity index (χ3v) is 2.20. The summed E-state index contributed by atoms with van der Waals surface area (Å²) in [5.41, 5.74) is 1.03. The zero-order valence-electron chi connectivity index (χ0n) is 5.90. The van der Waals surface area contributed by atoms with Crippen molar-refractivity contribution in [1.82, 2.24) is 20.6 Å². The van der Waals surface area contributed by atoms with E-state index in [4.69, 9.17) is 0 Å². The van der Waals surface area contributed by atoms with E-state index >= 15 is 0 Å². The van der Waals surface area contributed by atoms with E-state index in [1.807, 2.05) is 18.4 Å². The number of aromatic amines is 1. The predicted molar refractivity (Wildman–Crippen MR) is 42.2 cm³/mol. The molecule has 0 fully saturated rings. The van der Waals surface area contributed by atoms with Gasteiger partial charge in [-0.05, 0) is 18.2 Å². The van der Waals surface area contributed by atoms with Gasteiger partial charge in [-0.1, -0.05) is 0 Å². The molecule has 0 spiro atoms. The Balaban J connectivity index is 2.45. The summed E-state index contributed by atoms with van der Waals surface area (Å²) < 4.78 is 0. The zero-order valence-corrected chi connectivity index (χ0v) is 6.72. The van der Waals surface area contributed by atoms with E-state index in [0.29, 0.717) is 5.82 Å². The molecule has 2 aromatic rings. The highest BCUT2D eigenvalue weighted by Gasteiger charge is 2.02. The first kappa shape index (κ1) is 6.48. The van der Waals surface area contributed by atoms with Gasteiger partial charge in [-0.3, -0.25) is 0 Å². The number of aromatic nitrogens is 4. The lowest BCUT2D eigenvalue weighted by Crippen LogP contribution is -1.75. The van der Waals surface area contributed by atoms with Crippen molar-refractivity contribution in [3.63, 3.8) is 0 Å². The summed E-state index contributed by atoms with van der Waals surface area (Å²) in [6, 6.07) is 2.04. The van der Waals surface area contributed by atoms with Gasteiger partial charge < -0.3 is 0 Å². The molecule has 11 heavy (non-hydrogen) atoms. The van der Waals surface area contributed by atoms with Gasteiger partial charge in [-0.25, -0.2) is 0 Å². The molecule has 0 radical (unpaired) electrons. The number of H-pyrrole nitrogens is 1. The molecule has 4 nitrogen and oxygen atoms in total. The summed E-state index contributed by atoms with van der Waals surface area (Å²) in [5, 5.41) is 15.6. The lowest BCUT2D eigenvalue weighted by atomic mass is 10.3. The fraction of sp³-hybridized carbons (Fsp3) is 0.167. The van der Waals surface area contributed by atoms with Crippen LogP contribution < -0.4 is 0 Å². The van der Waals surface area contributed by atoms with Crippen LogP contribution in [0.4, 0.5) is 0 Å². The van der Waals surface area contributed by atoms with Crippen LogP contribution in [0.15, 0.2) is 11.4 Å². The number of hydrogen-bond donors (Lipinski definition) is 1. The Kier molecular flexibility index (Phi) is 1.43. The molecule has 1 N–H and O–H groups in total. The number of nitrogens with zero attached hydrogens (tertiary/aromatic N) is 3. The van der Waals surface area contributed by atoms with Gasteiger partial charge in [0.25, 0.3) is 0 Å². The predicted octanol–water partition coefficient (Wildman–Crippen LogP) is 1.24. The summed E-state index contributed by atoms with van der Waals surface area (Å²) in [5.74, 6) is 0.661. The van der Waals surface area contributed by atoms with Gasteiger partial charge in [0.2, 0.25) is 5.82 Å². The molecule has 0 unspecified atom stereocenters. The minimum absolute atomic E-state index is 0.661. The number of thiophene rings is 1. The highest BCUT2D eigenvalue weighted by Crippen LogP contribution is 2.20. The molecule has 2 aromatic heterocycles. The maximum absolute atomic E-state index is 3.86. The van der Waals surface area contributed by atoms with E-state index in [1.54, 1.807) is 11.3 Å². The summed E-state index contributed by atoms with van der Waals surface area (Å²) >= 11 is 1.68. The summed E-state index contributed by atoms with van der Waals surface area (Å²) in [6.45, 7) is 2.05. The standard InChI is InChI=1S/C6H6N4S/c1-4-2-5(3-11-4)6-7-9-10-8-6/h2-3H,1H3,(H,7,8,9,10). The van der Waals surface area contributed by atoms with Crippen molar-refractivity contribution in [3.8, 4) is 11.4 Å². The van der Waals surface area contributed by atoms with Gasteiger partial charge in [0.05, 0.1) is 0 Å². The van der Waals surface area contributed by atoms with Crippen LogP contribution in [0.5, 0.6) is 0 Å². The summed E-state index contributed by atoms with van der Waals surface area (Å²) in [6.07, 6.45) is 0. The molecule has 0 amide bonds. The molecule has 0 saturated carbocycles. The van der Waals surface area contributed by atoms with Crippen LogP contribution in [0.2, 0.25) is 0 Å². The van der Waals surface area contributed by atoms with Crippen molar-refractivity contribution >= 4 is 11.3 Å². The van der Waals surface area contributed by atoms with E-state index in [1.165, 1.54) is 4.88 Å². The number of nitrogens with one attached hydrogen (secondary N) is 1. The highest BCUT2D eigenvalue weighted by molar-refractivity contribution is 7.10.